The van der Waals surface area contributed by atoms with Gasteiger partial charge in [-0.05, 0) is 43.9 Å². The number of benzene rings is 1. The van der Waals surface area contributed by atoms with Crippen molar-refractivity contribution in [2.24, 2.45) is 5.92 Å². The third-order valence-corrected chi connectivity index (χ3v) is 4.39. The summed E-state index contributed by atoms with van der Waals surface area (Å²) in [6.45, 7) is 4.33. The normalized spacial score (nSPS) is 18.2. The van der Waals surface area contributed by atoms with Gasteiger partial charge >= 0.3 is 0 Å². The number of halogens is 1. The molecule has 23 heavy (non-hydrogen) atoms. The van der Waals surface area contributed by atoms with Crippen LogP contribution in [0.5, 0.6) is 0 Å². The molecule has 0 saturated carbocycles. The molecular weight excluding hydrogens is 295 g/mol. The lowest BCUT2D eigenvalue weighted by Gasteiger charge is -2.32. The molecule has 5 nitrogen and oxygen atoms in total. The molecule has 1 aliphatic rings. The van der Waals surface area contributed by atoms with Gasteiger partial charge in [-0.3, -0.25) is 4.79 Å². The molecule has 2 heterocycles. The van der Waals surface area contributed by atoms with Gasteiger partial charge in [-0.1, -0.05) is 6.07 Å². The van der Waals surface area contributed by atoms with Crippen molar-refractivity contribution < 1.29 is 9.18 Å². The number of carbonyl (C=O) groups is 1. The van der Waals surface area contributed by atoms with E-state index >= 15 is 0 Å². The van der Waals surface area contributed by atoms with Crippen LogP contribution < -0.4 is 0 Å². The monoisotopic (exact) mass is 316 g/mol. The molecule has 1 amide bonds. The van der Waals surface area contributed by atoms with Crippen molar-refractivity contribution in [2.45, 2.75) is 32.7 Å². The number of hydrogen-bond acceptors (Lipinski definition) is 3. The van der Waals surface area contributed by atoms with E-state index in [9.17, 15) is 9.18 Å². The third kappa shape index (κ3) is 3.57. The maximum Gasteiger partial charge on any atom is 0.253 e. The van der Waals surface area contributed by atoms with Gasteiger partial charge in [0.2, 0.25) is 0 Å². The standard InChI is InChI=1S/C17H21FN4O/c1-2-21-12-19-20-16(21)9-13-5-4-8-22(11-13)17(23)14-6-3-7-15(18)10-14/h3,6-7,10,12-13H,2,4-5,8-9,11H2,1H3. The van der Waals surface area contributed by atoms with E-state index in [0.717, 1.165) is 38.2 Å². The maximum atomic E-state index is 13.3. The Morgan fingerprint density at radius 3 is 3.09 bits per heavy atom. The molecule has 1 fully saturated rings. The van der Waals surface area contributed by atoms with E-state index < -0.39 is 0 Å². The summed E-state index contributed by atoms with van der Waals surface area (Å²) in [6, 6.07) is 5.91. The number of nitrogens with zero attached hydrogens (tertiary/aromatic N) is 4. The lowest BCUT2D eigenvalue weighted by molar-refractivity contribution is 0.0671. The molecule has 122 valence electrons. The number of hydrogen-bond donors (Lipinski definition) is 0. The highest BCUT2D eigenvalue weighted by Gasteiger charge is 2.25. The van der Waals surface area contributed by atoms with Gasteiger partial charge in [0.1, 0.15) is 18.0 Å². The molecule has 6 heteroatoms. The Labute approximate surface area is 135 Å². The highest BCUT2D eigenvalue weighted by atomic mass is 19.1. The van der Waals surface area contributed by atoms with Gasteiger partial charge in [0.05, 0.1) is 0 Å². The first-order valence-electron chi connectivity index (χ1n) is 8.09. The van der Waals surface area contributed by atoms with Crippen molar-refractivity contribution in [3.8, 4) is 0 Å². The average Bonchev–Trinajstić information content (AvgIpc) is 3.01. The first-order valence-corrected chi connectivity index (χ1v) is 8.09. The van der Waals surface area contributed by atoms with Crippen molar-refractivity contribution in [1.29, 1.82) is 0 Å². The zero-order chi connectivity index (χ0) is 16.2. The van der Waals surface area contributed by atoms with Crippen molar-refractivity contribution in [2.75, 3.05) is 13.1 Å². The number of aryl methyl sites for hydroxylation is 1. The molecule has 0 N–H and O–H groups in total. The molecule has 3 rings (SSSR count). The summed E-state index contributed by atoms with van der Waals surface area (Å²) in [5.41, 5.74) is 0.419. The molecular formula is C17H21FN4O. The van der Waals surface area contributed by atoms with Crippen LogP contribution in [0, 0.1) is 11.7 Å². The Bertz CT molecular complexity index is 685. The summed E-state index contributed by atoms with van der Waals surface area (Å²) in [5, 5.41) is 8.14. The van der Waals surface area contributed by atoms with Crippen LogP contribution in [-0.4, -0.2) is 38.7 Å². The molecule has 1 saturated heterocycles. The molecule has 1 aromatic heterocycles. The Kier molecular flexibility index (Phi) is 4.69. The highest BCUT2D eigenvalue weighted by Crippen LogP contribution is 2.22. The van der Waals surface area contributed by atoms with E-state index in [0.29, 0.717) is 18.0 Å². The zero-order valence-corrected chi connectivity index (χ0v) is 13.3. The second-order valence-corrected chi connectivity index (χ2v) is 6.01. The van der Waals surface area contributed by atoms with Gasteiger partial charge in [-0.25, -0.2) is 4.39 Å². The first kappa shape index (κ1) is 15.6. The summed E-state index contributed by atoms with van der Waals surface area (Å²) >= 11 is 0. The van der Waals surface area contributed by atoms with Crippen molar-refractivity contribution in [3.05, 3.63) is 47.8 Å². The SMILES string of the molecule is CCn1cnnc1CC1CCCN(C(=O)c2cccc(F)c2)C1. The lowest BCUT2D eigenvalue weighted by atomic mass is 9.94. The summed E-state index contributed by atoms with van der Waals surface area (Å²) < 4.78 is 15.4. The van der Waals surface area contributed by atoms with E-state index in [1.807, 2.05) is 9.47 Å². The number of carbonyl (C=O) groups excluding carboxylic acids is 1. The Morgan fingerprint density at radius 2 is 2.30 bits per heavy atom. The summed E-state index contributed by atoms with van der Waals surface area (Å²) in [4.78, 5) is 14.4. The van der Waals surface area contributed by atoms with E-state index in [2.05, 4.69) is 17.1 Å². The van der Waals surface area contributed by atoms with E-state index in [1.54, 1.807) is 18.5 Å². The molecule has 0 radical (unpaired) electrons. The van der Waals surface area contributed by atoms with Gasteiger partial charge in [0.25, 0.3) is 5.91 Å². The molecule has 1 aromatic carbocycles. The number of rotatable bonds is 4. The van der Waals surface area contributed by atoms with Crippen LogP contribution in [0.25, 0.3) is 0 Å². The third-order valence-electron chi connectivity index (χ3n) is 4.39. The fourth-order valence-electron chi connectivity index (χ4n) is 3.18. The van der Waals surface area contributed by atoms with Crippen molar-refractivity contribution in [1.82, 2.24) is 19.7 Å². The van der Waals surface area contributed by atoms with Gasteiger partial charge in [0.15, 0.2) is 0 Å². The van der Waals surface area contributed by atoms with Crippen molar-refractivity contribution >= 4 is 5.91 Å². The predicted octanol–water partition coefficient (Wildman–Crippen LogP) is 2.53. The van der Waals surface area contributed by atoms with Crippen LogP contribution >= 0.6 is 0 Å². The fourth-order valence-corrected chi connectivity index (χ4v) is 3.18. The number of amides is 1. The number of likely N-dealkylation sites (tertiary alicyclic amines) is 1. The van der Waals surface area contributed by atoms with Crippen LogP contribution in [0.4, 0.5) is 4.39 Å². The highest BCUT2D eigenvalue weighted by molar-refractivity contribution is 5.94. The van der Waals surface area contributed by atoms with Crippen LogP contribution in [0.15, 0.2) is 30.6 Å². The maximum absolute atomic E-state index is 13.3. The Balaban J connectivity index is 1.67. The zero-order valence-electron chi connectivity index (χ0n) is 13.3. The van der Waals surface area contributed by atoms with E-state index in [-0.39, 0.29) is 11.7 Å². The van der Waals surface area contributed by atoms with Crippen molar-refractivity contribution in [3.63, 3.8) is 0 Å². The predicted molar refractivity (Wildman–Crippen MR) is 84.4 cm³/mol. The second kappa shape index (κ2) is 6.89. The molecule has 2 aromatic rings. The minimum Gasteiger partial charge on any atom is -0.338 e. The topological polar surface area (TPSA) is 51.0 Å². The molecule has 0 bridgehead atoms. The lowest BCUT2D eigenvalue weighted by Crippen LogP contribution is -2.40. The molecule has 0 aliphatic carbocycles. The van der Waals surface area contributed by atoms with Gasteiger partial charge in [-0.2, -0.15) is 0 Å². The van der Waals surface area contributed by atoms with Crippen LogP contribution in [0.1, 0.15) is 35.9 Å². The Morgan fingerprint density at radius 1 is 1.43 bits per heavy atom. The smallest absolute Gasteiger partial charge is 0.253 e. The van der Waals surface area contributed by atoms with Gasteiger partial charge in [0, 0.05) is 31.6 Å². The van der Waals surface area contributed by atoms with E-state index in [4.69, 9.17) is 0 Å². The second-order valence-electron chi connectivity index (χ2n) is 6.01. The molecule has 1 aliphatic heterocycles. The average molecular weight is 316 g/mol. The van der Waals surface area contributed by atoms with E-state index in [1.165, 1.54) is 12.1 Å². The van der Waals surface area contributed by atoms with Crippen LogP contribution in [0.2, 0.25) is 0 Å². The minimum atomic E-state index is -0.375. The first-order chi connectivity index (χ1) is 11.2. The Hall–Kier alpha value is -2.24. The summed E-state index contributed by atoms with van der Waals surface area (Å²) in [5.74, 6) is 0.875. The van der Waals surface area contributed by atoms with Crippen LogP contribution in [0.3, 0.4) is 0 Å². The summed E-state index contributed by atoms with van der Waals surface area (Å²) in [7, 11) is 0. The molecule has 1 atom stereocenters. The fraction of sp³-hybridized carbons (Fsp3) is 0.471. The number of piperidine rings is 1. The minimum absolute atomic E-state index is 0.0915. The van der Waals surface area contributed by atoms with Gasteiger partial charge < -0.3 is 9.47 Å². The van der Waals surface area contributed by atoms with Gasteiger partial charge in [-0.15, -0.1) is 10.2 Å². The molecule has 0 spiro atoms. The quantitative estimate of drug-likeness (QED) is 0.871. The number of aromatic nitrogens is 3. The van der Waals surface area contributed by atoms with Crippen LogP contribution in [-0.2, 0) is 13.0 Å². The largest absolute Gasteiger partial charge is 0.338 e. The molecule has 1 unspecified atom stereocenters. The summed E-state index contributed by atoms with van der Waals surface area (Å²) in [6.07, 6.45) is 4.60.